The summed E-state index contributed by atoms with van der Waals surface area (Å²) in [4.78, 5) is 2.88. The normalized spacial score (nSPS) is 15.6. The van der Waals surface area contributed by atoms with E-state index in [1.807, 2.05) is 17.4 Å². The number of aryl methyl sites for hydroxylation is 3. The molecule has 3 rings (SSSR count). The molecule has 2 N–H and O–H groups in total. The maximum absolute atomic E-state index is 6.47. The van der Waals surface area contributed by atoms with E-state index < -0.39 is 0 Å². The van der Waals surface area contributed by atoms with Crippen LogP contribution in [0.25, 0.3) is 0 Å². The number of rotatable bonds is 4. The molecule has 1 aromatic heterocycles. The average molecular weight is 301 g/mol. The third kappa shape index (κ3) is 3.14. The first kappa shape index (κ1) is 14.6. The number of fused-ring (bicyclic) bond motifs is 1. The molecule has 1 aliphatic rings. The lowest BCUT2D eigenvalue weighted by atomic mass is 9.97. The van der Waals surface area contributed by atoms with Crippen LogP contribution in [0.5, 0.6) is 5.75 Å². The fourth-order valence-electron chi connectivity index (χ4n) is 3.10. The van der Waals surface area contributed by atoms with Gasteiger partial charge >= 0.3 is 0 Å². The molecule has 21 heavy (non-hydrogen) atoms. The van der Waals surface area contributed by atoms with Gasteiger partial charge in [0, 0.05) is 15.8 Å². The van der Waals surface area contributed by atoms with Crippen molar-refractivity contribution in [1.29, 1.82) is 0 Å². The molecule has 112 valence electrons. The number of benzene rings is 1. The molecule has 0 saturated carbocycles. The highest BCUT2D eigenvalue weighted by molar-refractivity contribution is 7.12. The Labute approximate surface area is 130 Å². The summed E-state index contributed by atoms with van der Waals surface area (Å²) in [6.07, 6.45) is 5.95. The maximum Gasteiger partial charge on any atom is 0.122 e. The van der Waals surface area contributed by atoms with Gasteiger partial charge in [0.2, 0.25) is 0 Å². The molecule has 2 aromatic rings. The Balaban J connectivity index is 1.81. The third-order valence-electron chi connectivity index (χ3n) is 4.26. The number of nitrogens with two attached hydrogens (primary N) is 1. The second-order valence-electron chi connectivity index (χ2n) is 5.93. The van der Waals surface area contributed by atoms with E-state index in [4.69, 9.17) is 10.5 Å². The smallest absolute Gasteiger partial charge is 0.122 e. The summed E-state index contributed by atoms with van der Waals surface area (Å²) in [6, 6.07) is 8.71. The van der Waals surface area contributed by atoms with Crippen LogP contribution in [0.1, 0.15) is 45.3 Å². The van der Waals surface area contributed by atoms with E-state index in [2.05, 4.69) is 25.1 Å². The van der Waals surface area contributed by atoms with Gasteiger partial charge in [0.15, 0.2) is 0 Å². The Bertz CT molecular complexity index is 609. The van der Waals surface area contributed by atoms with Gasteiger partial charge in [-0.15, -0.1) is 11.3 Å². The van der Waals surface area contributed by atoms with Crippen molar-refractivity contribution in [3.63, 3.8) is 0 Å². The number of thiophene rings is 1. The van der Waals surface area contributed by atoms with E-state index >= 15 is 0 Å². The van der Waals surface area contributed by atoms with Crippen LogP contribution < -0.4 is 10.5 Å². The predicted molar refractivity (Wildman–Crippen MR) is 89.3 cm³/mol. The van der Waals surface area contributed by atoms with Crippen LogP contribution in [0.3, 0.4) is 0 Å². The van der Waals surface area contributed by atoms with Gasteiger partial charge in [-0.1, -0.05) is 17.7 Å². The van der Waals surface area contributed by atoms with Crippen molar-refractivity contribution in [2.45, 2.75) is 45.1 Å². The van der Waals surface area contributed by atoms with E-state index in [9.17, 15) is 0 Å². The summed E-state index contributed by atoms with van der Waals surface area (Å²) in [5.74, 6) is 0.942. The predicted octanol–water partition coefficient (Wildman–Crippen LogP) is 4.19. The van der Waals surface area contributed by atoms with Gasteiger partial charge in [0.05, 0.1) is 7.11 Å². The zero-order chi connectivity index (χ0) is 14.8. The molecule has 1 aliphatic carbocycles. The van der Waals surface area contributed by atoms with Crippen molar-refractivity contribution in [3.05, 3.63) is 50.7 Å². The molecule has 0 fully saturated rings. The Morgan fingerprint density at radius 3 is 2.81 bits per heavy atom. The Morgan fingerprint density at radius 1 is 1.24 bits per heavy atom. The van der Waals surface area contributed by atoms with E-state index in [1.54, 1.807) is 12.0 Å². The third-order valence-corrected chi connectivity index (χ3v) is 5.63. The monoisotopic (exact) mass is 301 g/mol. The van der Waals surface area contributed by atoms with Gasteiger partial charge in [0.1, 0.15) is 5.75 Å². The first-order valence-electron chi connectivity index (χ1n) is 7.68. The molecule has 1 aromatic carbocycles. The van der Waals surface area contributed by atoms with E-state index in [0.717, 1.165) is 12.2 Å². The molecule has 0 spiro atoms. The maximum atomic E-state index is 6.47. The van der Waals surface area contributed by atoms with Crippen LogP contribution in [0.4, 0.5) is 0 Å². The second kappa shape index (κ2) is 6.20. The summed E-state index contributed by atoms with van der Waals surface area (Å²) in [7, 11) is 1.73. The van der Waals surface area contributed by atoms with Crippen molar-refractivity contribution in [1.82, 2.24) is 0 Å². The number of hydrogen-bond acceptors (Lipinski definition) is 3. The summed E-state index contributed by atoms with van der Waals surface area (Å²) >= 11 is 1.91. The first-order valence-corrected chi connectivity index (χ1v) is 8.49. The average Bonchev–Trinajstić information content (AvgIpc) is 2.91. The van der Waals surface area contributed by atoms with Crippen LogP contribution in [0.15, 0.2) is 24.3 Å². The van der Waals surface area contributed by atoms with E-state index in [1.165, 1.54) is 47.3 Å². The van der Waals surface area contributed by atoms with Crippen molar-refractivity contribution in [2.75, 3.05) is 7.11 Å². The minimum atomic E-state index is 0.0660. The summed E-state index contributed by atoms with van der Waals surface area (Å²) in [6.45, 7) is 2.11. The van der Waals surface area contributed by atoms with Crippen LogP contribution >= 0.6 is 11.3 Å². The minimum Gasteiger partial charge on any atom is -0.496 e. The summed E-state index contributed by atoms with van der Waals surface area (Å²) in [5, 5.41) is 0. The summed E-state index contributed by atoms with van der Waals surface area (Å²) < 4.78 is 5.47. The van der Waals surface area contributed by atoms with Crippen LogP contribution in [-0.4, -0.2) is 7.11 Å². The van der Waals surface area contributed by atoms with Gasteiger partial charge in [-0.3, -0.25) is 0 Å². The van der Waals surface area contributed by atoms with Crippen LogP contribution in [-0.2, 0) is 19.3 Å². The topological polar surface area (TPSA) is 35.2 Å². The molecule has 1 atom stereocenters. The molecule has 0 saturated heterocycles. The highest BCUT2D eigenvalue weighted by atomic mass is 32.1. The van der Waals surface area contributed by atoms with Crippen LogP contribution in [0.2, 0.25) is 0 Å². The standard InChI is InChI=1S/C18H23NOS/c1-12-7-8-16(20-2)14(9-12)10-15(19)18-11-13-5-3-4-6-17(13)21-18/h7-9,11,15H,3-6,10,19H2,1-2H3. The molecular formula is C18H23NOS. The van der Waals surface area contributed by atoms with Gasteiger partial charge in [0.25, 0.3) is 0 Å². The number of hydrogen-bond donors (Lipinski definition) is 1. The second-order valence-corrected chi connectivity index (χ2v) is 7.10. The molecule has 1 heterocycles. The first-order chi connectivity index (χ1) is 10.2. The van der Waals surface area contributed by atoms with Crippen molar-refractivity contribution >= 4 is 11.3 Å². The lowest BCUT2D eigenvalue weighted by molar-refractivity contribution is 0.408. The molecule has 0 radical (unpaired) electrons. The van der Waals surface area contributed by atoms with Gasteiger partial charge in [-0.2, -0.15) is 0 Å². The van der Waals surface area contributed by atoms with Gasteiger partial charge in [-0.25, -0.2) is 0 Å². The molecule has 2 nitrogen and oxygen atoms in total. The number of ether oxygens (including phenoxy) is 1. The molecule has 0 amide bonds. The lowest BCUT2D eigenvalue weighted by Gasteiger charge is -2.13. The lowest BCUT2D eigenvalue weighted by Crippen LogP contribution is -2.12. The van der Waals surface area contributed by atoms with Crippen LogP contribution in [0, 0.1) is 6.92 Å². The minimum absolute atomic E-state index is 0.0660. The van der Waals surface area contributed by atoms with Crippen molar-refractivity contribution in [3.8, 4) is 5.75 Å². The Hall–Kier alpha value is -1.32. The molecule has 1 unspecified atom stereocenters. The fourth-order valence-corrected chi connectivity index (χ4v) is 4.36. The molecular weight excluding hydrogens is 278 g/mol. The zero-order valence-corrected chi connectivity index (χ0v) is 13.6. The van der Waals surface area contributed by atoms with Crippen molar-refractivity contribution < 1.29 is 4.74 Å². The molecule has 0 bridgehead atoms. The Morgan fingerprint density at radius 2 is 2.05 bits per heavy atom. The van der Waals surface area contributed by atoms with Gasteiger partial charge < -0.3 is 10.5 Å². The zero-order valence-electron chi connectivity index (χ0n) is 12.8. The Kier molecular flexibility index (Phi) is 4.32. The fraction of sp³-hybridized carbons (Fsp3) is 0.444. The number of methoxy groups -OCH3 is 1. The van der Waals surface area contributed by atoms with E-state index in [0.29, 0.717) is 0 Å². The molecule has 0 aliphatic heterocycles. The largest absolute Gasteiger partial charge is 0.496 e. The highest BCUT2D eigenvalue weighted by Gasteiger charge is 2.18. The van der Waals surface area contributed by atoms with Crippen molar-refractivity contribution in [2.24, 2.45) is 5.73 Å². The van der Waals surface area contributed by atoms with E-state index in [-0.39, 0.29) is 6.04 Å². The van der Waals surface area contributed by atoms with Gasteiger partial charge in [-0.05, 0) is 62.3 Å². The highest BCUT2D eigenvalue weighted by Crippen LogP contribution is 2.34. The molecule has 3 heteroatoms. The summed E-state index contributed by atoms with van der Waals surface area (Å²) in [5.41, 5.74) is 10.5. The quantitative estimate of drug-likeness (QED) is 0.919. The SMILES string of the molecule is COc1ccc(C)cc1CC(N)c1cc2c(s1)CCCC2.